The van der Waals surface area contributed by atoms with Crippen molar-refractivity contribution in [2.75, 3.05) is 13.7 Å². The number of esters is 1. The molecule has 1 aliphatic rings. The molecule has 1 aromatic carbocycles. The van der Waals surface area contributed by atoms with Gasteiger partial charge in [0, 0.05) is 17.8 Å². The number of methoxy groups -OCH3 is 1. The first-order valence-corrected chi connectivity index (χ1v) is 10.2. The zero-order valence-corrected chi connectivity index (χ0v) is 18.0. The van der Waals surface area contributed by atoms with E-state index in [0.717, 1.165) is 25.7 Å². The van der Waals surface area contributed by atoms with Crippen LogP contribution in [0.5, 0.6) is 0 Å². The van der Waals surface area contributed by atoms with E-state index >= 15 is 0 Å². The van der Waals surface area contributed by atoms with Crippen molar-refractivity contribution in [3.63, 3.8) is 0 Å². The number of nitrogens with one attached hydrogen (secondary N) is 1. The topological polar surface area (TPSA) is 128 Å². The molecule has 1 aromatic rings. The minimum atomic E-state index is -1.08. The van der Waals surface area contributed by atoms with Crippen LogP contribution in [0.3, 0.4) is 0 Å². The maximum absolute atomic E-state index is 13.0. The lowest BCUT2D eigenvalue weighted by atomic mass is 9.80. The van der Waals surface area contributed by atoms with Gasteiger partial charge >= 0.3 is 5.97 Å². The summed E-state index contributed by atoms with van der Waals surface area (Å²) >= 11 is 0. The number of allylic oxidation sites excluding steroid dienone is 1. The van der Waals surface area contributed by atoms with Crippen LogP contribution in [0.1, 0.15) is 57.4 Å². The number of nitro groups is 1. The van der Waals surface area contributed by atoms with Gasteiger partial charge in [-0.15, -0.1) is 0 Å². The Morgan fingerprint density at radius 2 is 1.97 bits per heavy atom. The summed E-state index contributed by atoms with van der Waals surface area (Å²) < 4.78 is 10.3. The molecule has 1 amide bonds. The number of carbonyl (C=O) groups is 2. The summed E-state index contributed by atoms with van der Waals surface area (Å²) in [6.45, 7) is 3.87. The van der Waals surface area contributed by atoms with Gasteiger partial charge in [-0.1, -0.05) is 44.7 Å². The maximum Gasteiger partial charge on any atom is 0.336 e. The van der Waals surface area contributed by atoms with Gasteiger partial charge in [-0.2, -0.15) is 0 Å². The van der Waals surface area contributed by atoms with E-state index in [1.54, 1.807) is 13.0 Å². The molecule has 9 nitrogen and oxygen atoms in total. The fourth-order valence-electron chi connectivity index (χ4n) is 3.50. The summed E-state index contributed by atoms with van der Waals surface area (Å²) in [5.74, 6) is -3.08. The number of rotatable bonds is 10. The lowest BCUT2D eigenvalue weighted by Crippen LogP contribution is -2.37. The van der Waals surface area contributed by atoms with Crippen molar-refractivity contribution in [2.45, 2.75) is 51.9 Å². The summed E-state index contributed by atoms with van der Waals surface area (Å²) in [7, 11) is 1.18. The number of aliphatic hydroxyl groups excluding tert-OH is 1. The number of hydrogen-bond donors (Lipinski definition) is 2. The molecule has 0 aromatic heterocycles. The predicted octanol–water partition coefficient (Wildman–Crippen LogP) is 4.01. The smallest absolute Gasteiger partial charge is 0.336 e. The fourth-order valence-corrected chi connectivity index (χ4v) is 3.50. The van der Waals surface area contributed by atoms with Crippen LogP contribution in [0.2, 0.25) is 0 Å². The molecule has 9 heteroatoms. The van der Waals surface area contributed by atoms with Gasteiger partial charge < -0.3 is 19.9 Å². The molecular weight excluding hydrogens is 404 g/mol. The Hall–Kier alpha value is -3.36. The maximum atomic E-state index is 13.0. The molecule has 0 aliphatic carbocycles. The monoisotopic (exact) mass is 432 g/mol. The van der Waals surface area contributed by atoms with Crippen molar-refractivity contribution in [3.8, 4) is 0 Å². The van der Waals surface area contributed by atoms with E-state index in [1.807, 2.05) is 0 Å². The van der Waals surface area contributed by atoms with E-state index in [4.69, 9.17) is 9.47 Å². The molecule has 2 rings (SSSR count). The Morgan fingerprint density at radius 3 is 2.61 bits per heavy atom. The van der Waals surface area contributed by atoms with E-state index in [-0.39, 0.29) is 34.7 Å². The quantitative estimate of drug-likeness (QED) is 0.143. The SMILES string of the molecule is CCCCCCCOC(=O)C1=C(C)NC(=O)/C(=C(\O)OC)C1c1cccc([N+](=O)[O-])c1. The standard InChI is InChI=1S/C22H28N2O7/c1-4-5-6-7-8-12-31-22(27)17-14(2)23-20(25)19(21(26)30-3)18(17)15-10-9-11-16(13-15)24(28)29/h9-11,13,18,26H,4-8,12H2,1-3H3,(H,23,25)/b21-19+. The van der Waals surface area contributed by atoms with Gasteiger partial charge in [0.05, 0.1) is 30.1 Å². The highest BCUT2D eigenvalue weighted by molar-refractivity contribution is 6.04. The third-order valence-corrected chi connectivity index (χ3v) is 5.07. The number of non-ortho nitro benzene ring substituents is 1. The molecule has 1 aliphatic heterocycles. The lowest BCUT2D eigenvalue weighted by Gasteiger charge is -2.29. The lowest BCUT2D eigenvalue weighted by molar-refractivity contribution is -0.384. The summed E-state index contributed by atoms with van der Waals surface area (Å²) in [5, 5.41) is 24.0. The van der Waals surface area contributed by atoms with Crippen molar-refractivity contribution in [1.82, 2.24) is 5.32 Å². The van der Waals surface area contributed by atoms with Gasteiger partial charge in [0.15, 0.2) is 0 Å². The van der Waals surface area contributed by atoms with E-state index < -0.39 is 28.7 Å². The van der Waals surface area contributed by atoms with E-state index in [0.29, 0.717) is 6.42 Å². The van der Waals surface area contributed by atoms with Crippen molar-refractivity contribution in [1.29, 1.82) is 0 Å². The predicted molar refractivity (Wildman–Crippen MR) is 113 cm³/mol. The zero-order chi connectivity index (χ0) is 23.0. The molecule has 0 fully saturated rings. The van der Waals surface area contributed by atoms with Crippen molar-refractivity contribution >= 4 is 17.6 Å². The Balaban J connectivity index is 2.42. The summed E-state index contributed by atoms with van der Waals surface area (Å²) in [6.07, 6.45) is 4.91. The summed E-state index contributed by atoms with van der Waals surface area (Å²) in [5.41, 5.74) is 0.207. The zero-order valence-electron chi connectivity index (χ0n) is 18.0. The van der Waals surface area contributed by atoms with Crippen molar-refractivity contribution in [3.05, 3.63) is 62.7 Å². The molecule has 0 spiro atoms. The van der Waals surface area contributed by atoms with Crippen LogP contribution in [0.15, 0.2) is 47.1 Å². The van der Waals surface area contributed by atoms with Gasteiger partial charge in [0.25, 0.3) is 17.5 Å². The van der Waals surface area contributed by atoms with Gasteiger partial charge in [-0.25, -0.2) is 4.79 Å². The number of nitro benzene ring substituents is 1. The highest BCUT2D eigenvalue weighted by Gasteiger charge is 2.40. The fraction of sp³-hybridized carbons (Fsp3) is 0.455. The van der Waals surface area contributed by atoms with Gasteiger partial charge in [-0.05, 0) is 18.9 Å². The Morgan fingerprint density at radius 1 is 1.26 bits per heavy atom. The summed E-state index contributed by atoms with van der Waals surface area (Å²) in [4.78, 5) is 36.2. The molecule has 0 saturated heterocycles. The van der Waals surface area contributed by atoms with E-state index in [2.05, 4.69) is 12.2 Å². The Bertz CT molecular complexity index is 905. The molecular formula is C22H28N2O7. The van der Waals surface area contributed by atoms with Crippen LogP contribution in [0, 0.1) is 10.1 Å². The second-order valence-corrected chi connectivity index (χ2v) is 7.25. The molecule has 168 valence electrons. The van der Waals surface area contributed by atoms with Crippen LogP contribution in [-0.2, 0) is 19.1 Å². The second-order valence-electron chi connectivity index (χ2n) is 7.25. The van der Waals surface area contributed by atoms with E-state index in [1.165, 1.54) is 25.3 Å². The first kappa shape index (κ1) is 23.9. The largest absolute Gasteiger partial charge is 0.481 e. The highest BCUT2D eigenvalue weighted by Crippen LogP contribution is 2.39. The minimum absolute atomic E-state index is 0.0901. The van der Waals surface area contributed by atoms with Crippen LogP contribution in [0.4, 0.5) is 5.69 Å². The normalized spacial score (nSPS) is 17.8. The number of unbranched alkanes of at least 4 members (excludes halogenated alkanes) is 4. The molecule has 1 atom stereocenters. The van der Waals surface area contributed by atoms with Crippen LogP contribution < -0.4 is 5.32 Å². The third-order valence-electron chi connectivity index (χ3n) is 5.07. The summed E-state index contributed by atoms with van der Waals surface area (Å²) in [6, 6.07) is 5.56. The third kappa shape index (κ3) is 5.84. The second kappa shape index (κ2) is 11.1. The molecule has 0 bridgehead atoms. The number of benzene rings is 1. The van der Waals surface area contributed by atoms with Gasteiger partial charge in [0.2, 0.25) is 0 Å². The van der Waals surface area contributed by atoms with Gasteiger partial charge in [-0.3, -0.25) is 14.9 Å². The van der Waals surface area contributed by atoms with Crippen molar-refractivity contribution in [2.24, 2.45) is 0 Å². The van der Waals surface area contributed by atoms with Crippen LogP contribution in [-0.4, -0.2) is 35.6 Å². The molecule has 31 heavy (non-hydrogen) atoms. The number of amides is 1. The first-order valence-electron chi connectivity index (χ1n) is 10.2. The molecule has 0 radical (unpaired) electrons. The van der Waals surface area contributed by atoms with Gasteiger partial charge in [0.1, 0.15) is 5.57 Å². The Labute approximate surface area is 180 Å². The minimum Gasteiger partial charge on any atom is -0.481 e. The first-order chi connectivity index (χ1) is 14.8. The molecule has 0 saturated carbocycles. The average molecular weight is 432 g/mol. The molecule has 2 N–H and O–H groups in total. The number of aliphatic hydroxyl groups is 1. The Kier molecular flexibility index (Phi) is 8.60. The number of ether oxygens (including phenoxy) is 2. The van der Waals surface area contributed by atoms with Crippen LogP contribution in [0.25, 0.3) is 0 Å². The van der Waals surface area contributed by atoms with Crippen LogP contribution >= 0.6 is 0 Å². The average Bonchev–Trinajstić information content (AvgIpc) is 2.75. The number of carbonyl (C=O) groups excluding carboxylic acids is 2. The number of hydrogen-bond acceptors (Lipinski definition) is 7. The number of nitrogens with zero attached hydrogens (tertiary/aromatic N) is 1. The molecule has 1 unspecified atom stereocenters. The highest BCUT2D eigenvalue weighted by atomic mass is 16.6. The van der Waals surface area contributed by atoms with E-state index in [9.17, 15) is 24.8 Å². The molecule has 1 heterocycles. The van der Waals surface area contributed by atoms with Crippen molar-refractivity contribution < 1.29 is 29.1 Å².